The molecule has 8 heteroatoms. The topological polar surface area (TPSA) is 84.2 Å². The minimum absolute atomic E-state index is 0.0499. The third-order valence-electron chi connectivity index (χ3n) is 3.97. The molecule has 1 saturated heterocycles. The number of pyridine rings is 1. The van der Waals surface area contributed by atoms with Gasteiger partial charge in [-0.3, -0.25) is 4.98 Å². The van der Waals surface area contributed by atoms with Crippen molar-refractivity contribution in [2.45, 2.75) is 5.92 Å². The average molecular weight is 356 g/mol. The first-order valence-corrected chi connectivity index (χ1v) is 8.12. The molecule has 1 aromatic carbocycles. The molecular formula is C17H14ClN5O2. The summed E-state index contributed by atoms with van der Waals surface area (Å²) in [5.74, 6) is 1.09. The van der Waals surface area contributed by atoms with Crippen LogP contribution in [-0.2, 0) is 0 Å². The molecule has 1 N–H and O–H groups in total. The van der Waals surface area contributed by atoms with Gasteiger partial charge in [0.1, 0.15) is 0 Å². The number of hydrogen-bond acceptors (Lipinski definition) is 5. The van der Waals surface area contributed by atoms with Crippen LogP contribution in [0.15, 0.2) is 53.3 Å². The number of hydrogen-bond donors (Lipinski definition) is 1. The van der Waals surface area contributed by atoms with Crippen molar-refractivity contribution < 1.29 is 9.32 Å². The Bertz CT molecular complexity index is 876. The Morgan fingerprint density at radius 1 is 1.24 bits per heavy atom. The van der Waals surface area contributed by atoms with Crippen LogP contribution in [0, 0.1) is 0 Å². The number of nitrogens with one attached hydrogen (secondary N) is 1. The van der Waals surface area contributed by atoms with Crippen LogP contribution in [0.4, 0.5) is 10.5 Å². The number of aromatic nitrogens is 3. The summed E-state index contributed by atoms with van der Waals surface area (Å²) < 4.78 is 5.32. The summed E-state index contributed by atoms with van der Waals surface area (Å²) in [6, 6.07) is 10.5. The molecule has 1 fully saturated rings. The first-order chi connectivity index (χ1) is 12.2. The van der Waals surface area contributed by atoms with E-state index in [9.17, 15) is 4.79 Å². The molecule has 126 valence electrons. The second-order valence-electron chi connectivity index (χ2n) is 5.74. The van der Waals surface area contributed by atoms with Crippen molar-refractivity contribution in [1.29, 1.82) is 0 Å². The second kappa shape index (κ2) is 6.52. The van der Waals surface area contributed by atoms with Gasteiger partial charge in [0.2, 0.25) is 11.7 Å². The quantitative estimate of drug-likeness (QED) is 0.778. The van der Waals surface area contributed by atoms with Crippen molar-refractivity contribution in [3.8, 4) is 11.4 Å². The zero-order valence-corrected chi connectivity index (χ0v) is 13.8. The summed E-state index contributed by atoms with van der Waals surface area (Å²) >= 11 is 5.83. The number of carbonyl (C=O) groups is 1. The smallest absolute Gasteiger partial charge is 0.321 e. The Morgan fingerprint density at radius 2 is 2.04 bits per heavy atom. The van der Waals surface area contributed by atoms with Gasteiger partial charge in [0.15, 0.2) is 0 Å². The Kier molecular flexibility index (Phi) is 4.07. The molecule has 0 unspecified atom stereocenters. The maximum Gasteiger partial charge on any atom is 0.321 e. The molecule has 0 bridgehead atoms. The number of anilines is 1. The summed E-state index contributed by atoms with van der Waals surface area (Å²) in [6.45, 7) is 1.07. The molecule has 0 atom stereocenters. The van der Waals surface area contributed by atoms with Gasteiger partial charge >= 0.3 is 6.03 Å². The van der Waals surface area contributed by atoms with E-state index in [4.69, 9.17) is 16.1 Å². The summed E-state index contributed by atoms with van der Waals surface area (Å²) in [7, 11) is 0. The minimum atomic E-state index is -0.162. The van der Waals surface area contributed by atoms with Gasteiger partial charge < -0.3 is 14.7 Å². The van der Waals surface area contributed by atoms with E-state index in [1.807, 2.05) is 12.1 Å². The first-order valence-electron chi connectivity index (χ1n) is 7.74. The summed E-state index contributed by atoms with van der Waals surface area (Å²) in [5, 5.41) is 7.43. The molecule has 25 heavy (non-hydrogen) atoms. The Balaban J connectivity index is 1.35. The van der Waals surface area contributed by atoms with E-state index in [2.05, 4.69) is 20.4 Å². The van der Waals surface area contributed by atoms with Gasteiger partial charge in [-0.05, 0) is 36.4 Å². The maximum absolute atomic E-state index is 12.2. The van der Waals surface area contributed by atoms with E-state index in [1.54, 1.807) is 41.6 Å². The molecule has 0 saturated carbocycles. The number of nitrogens with zero attached hydrogens (tertiary/aromatic N) is 4. The molecule has 0 aliphatic carbocycles. The Labute approximate surface area is 148 Å². The number of rotatable bonds is 3. The van der Waals surface area contributed by atoms with Gasteiger partial charge in [0, 0.05) is 41.8 Å². The Morgan fingerprint density at radius 3 is 2.76 bits per heavy atom. The fourth-order valence-electron chi connectivity index (χ4n) is 2.55. The summed E-state index contributed by atoms with van der Waals surface area (Å²) in [5.41, 5.74) is 1.50. The third kappa shape index (κ3) is 3.32. The lowest BCUT2D eigenvalue weighted by molar-refractivity contribution is 0.147. The van der Waals surface area contributed by atoms with E-state index in [-0.39, 0.29) is 11.9 Å². The van der Waals surface area contributed by atoms with Crippen molar-refractivity contribution in [3.63, 3.8) is 0 Å². The molecule has 3 heterocycles. The van der Waals surface area contributed by atoms with Crippen LogP contribution in [0.2, 0.25) is 5.02 Å². The van der Waals surface area contributed by atoms with Crippen molar-refractivity contribution in [1.82, 2.24) is 20.0 Å². The highest BCUT2D eigenvalue weighted by Crippen LogP contribution is 2.28. The van der Waals surface area contributed by atoms with Crippen LogP contribution in [-0.4, -0.2) is 39.1 Å². The third-order valence-corrected chi connectivity index (χ3v) is 4.23. The fraction of sp³-hybridized carbons (Fsp3) is 0.176. The van der Waals surface area contributed by atoms with E-state index >= 15 is 0 Å². The normalized spacial score (nSPS) is 14.2. The van der Waals surface area contributed by atoms with Gasteiger partial charge in [-0.25, -0.2) is 4.79 Å². The molecule has 2 aromatic heterocycles. The van der Waals surface area contributed by atoms with Gasteiger partial charge in [-0.2, -0.15) is 4.98 Å². The molecule has 0 spiro atoms. The van der Waals surface area contributed by atoms with Crippen LogP contribution in [0.3, 0.4) is 0 Å². The molecule has 4 rings (SSSR count). The lowest BCUT2D eigenvalue weighted by Gasteiger charge is -2.36. The van der Waals surface area contributed by atoms with Crippen molar-refractivity contribution in [2.24, 2.45) is 0 Å². The van der Waals surface area contributed by atoms with Crippen LogP contribution in [0.1, 0.15) is 11.8 Å². The summed E-state index contributed by atoms with van der Waals surface area (Å²) in [4.78, 5) is 22.3. The molecule has 1 aliphatic heterocycles. The molecule has 0 radical (unpaired) electrons. The predicted molar refractivity (Wildman–Crippen MR) is 92.3 cm³/mol. The second-order valence-corrected chi connectivity index (χ2v) is 6.17. The fourth-order valence-corrected chi connectivity index (χ4v) is 2.68. The standard InChI is InChI=1S/C17H14ClN5O2/c18-13-3-5-14(6-4-13)20-17(24)23-9-12(10-23)16-21-15(22-25-16)11-2-1-7-19-8-11/h1-8,12H,9-10H2,(H,20,24). The van der Waals surface area contributed by atoms with E-state index < -0.39 is 0 Å². The van der Waals surface area contributed by atoms with Crippen LogP contribution in [0.5, 0.6) is 0 Å². The first kappa shape index (κ1) is 15.6. The highest BCUT2D eigenvalue weighted by atomic mass is 35.5. The number of likely N-dealkylation sites (tertiary alicyclic amines) is 1. The number of carbonyl (C=O) groups excluding carboxylic acids is 1. The van der Waals surface area contributed by atoms with Gasteiger partial charge in [-0.1, -0.05) is 16.8 Å². The SMILES string of the molecule is O=C(Nc1ccc(Cl)cc1)N1CC(c2nc(-c3cccnc3)no2)C1. The van der Waals surface area contributed by atoms with Gasteiger partial charge in [0.25, 0.3) is 0 Å². The van der Waals surface area contributed by atoms with Crippen LogP contribution >= 0.6 is 11.6 Å². The molecular weight excluding hydrogens is 342 g/mol. The summed E-state index contributed by atoms with van der Waals surface area (Å²) in [6.07, 6.45) is 3.37. The van der Waals surface area contributed by atoms with Crippen molar-refractivity contribution in [3.05, 3.63) is 59.7 Å². The monoisotopic (exact) mass is 355 g/mol. The van der Waals surface area contributed by atoms with Gasteiger partial charge in [0.05, 0.1) is 5.92 Å². The Hall–Kier alpha value is -2.93. The van der Waals surface area contributed by atoms with Crippen LogP contribution in [0.25, 0.3) is 11.4 Å². The van der Waals surface area contributed by atoms with Crippen LogP contribution < -0.4 is 5.32 Å². The maximum atomic E-state index is 12.2. The predicted octanol–water partition coefficient (Wildman–Crippen LogP) is 3.42. The highest BCUT2D eigenvalue weighted by molar-refractivity contribution is 6.30. The largest absolute Gasteiger partial charge is 0.339 e. The molecule has 1 aliphatic rings. The minimum Gasteiger partial charge on any atom is -0.339 e. The zero-order valence-electron chi connectivity index (χ0n) is 13.1. The molecule has 2 amide bonds. The molecule has 7 nitrogen and oxygen atoms in total. The van der Waals surface area contributed by atoms with E-state index in [0.29, 0.717) is 35.5 Å². The number of urea groups is 1. The van der Waals surface area contributed by atoms with Gasteiger partial charge in [-0.15, -0.1) is 0 Å². The van der Waals surface area contributed by atoms with Crippen molar-refractivity contribution >= 4 is 23.3 Å². The average Bonchev–Trinajstić information content (AvgIpc) is 3.06. The highest BCUT2D eigenvalue weighted by Gasteiger charge is 2.35. The number of benzene rings is 1. The zero-order chi connectivity index (χ0) is 17.2. The van der Waals surface area contributed by atoms with Crippen molar-refractivity contribution in [2.75, 3.05) is 18.4 Å². The lowest BCUT2D eigenvalue weighted by Crippen LogP contribution is -2.50. The van der Waals surface area contributed by atoms with E-state index in [1.165, 1.54) is 0 Å². The van der Waals surface area contributed by atoms with E-state index in [0.717, 1.165) is 5.56 Å². The number of amides is 2. The number of halogens is 1. The molecule has 3 aromatic rings. The lowest BCUT2D eigenvalue weighted by atomic mass is 10.0.